The van der Waals surface area contributed by atoms with E-state index in [1.807, 2.05) is 24.3 Å². The maximum absolute atomic E-state index is 12.2. The average molecular weight is 331 g/mol. The molecule has 22 heavy (non-hydrogen) atoms. The molecule has 1 aromatic heterocycles. The Kier molecular flexibility index (Phi) is 4.27. The van der Waals surface area contributed by atoms with Crippen molar-refractivity contribution in [3.05, 3.63) is 75.9 Å². The molecule has 0 atom stereocenters. The number of carbonyl (C=O) groups excluding carboxylic acids is 1. The lowest BCUT2D eigenvalue weighted by molar-refractivity contribution is 0.0951. The molecule has 0 saturated heterocycles. The second-order valence-corrected chi connectivity index (χ2v) is 5.61. The van der Waals surface area contributed by atoms with Crippen LogP contribution in [0.4, 0.5) is 0 Å². The Labute approximate surface area is 137 Å². The highest BCUT2D eigenvalue weighted by Crippen LogP contribution is 2.18. The van der Waals surface area contributed by atoms with Gasteiger partial charge in [0.05, 0.1) is 5.52 Å². The molecule has 3 nitrogen and oxygen atoms in total. The standard InChI is InChI=1S/C17H12Cl2N2O/c18-14-4-2-1-3-13(14)10-20-17(22)12-5-7-15-11(9-12)6-8-16(19)21-15/h1-9H,10H2,(H,20,22). The summed E-state index contributed by atoms with van der Waals surface area (Å²) in [4.78, 5) is 16.4. The fourth-order valence-electron chi connectivity index (χ4n) is 2.16. The molecule has 0 spiro atoms. The van der Waals surface area contributed by atoms with Crippen LogP contribution in [0.15, 0.2) is 54.6 Å². The maximum atomic E-state index is 12.2. The van der Waals surface area contributed by atoms with E-state index >= 15 is 0 Å². The summed E-state index contributed by atoms with van der Waals surface area (Å²) in [6.45, 7) is 0.384. The minimum absolute atomic E-state index is 0.156. The molecule has 0 saturated carbocycles. The molecule has 0 radical (unpaired) electrons. The summed E-state index contributed by atoms with van der Waals surface area (Å²) in [7, 11) is 0. The van der Waals surface area contributed by atoms with Gasteiger partial charge in [-0.25, -0.2) is 4.98 Å². The summed E-state index contributed by atoms with van der Waals surface area (Å²) in [5.74, 6) is -0.156. The lowest BCUT2D eigenvalue weighted by atomic mass is 10.1. The number of rotatable bonds is 3. The Balaban J connectivity index is 1.77. The monoisotopic (exact) mass is 330 g/mol. The Morgan fingerprint density at radius 2 is 1.86 bits per heavy atom. The molecule has 0 aliphatic carbocycles. The Bertz CT molecular complexity index is 849. The van der Waals surface area contributed by atoms with Gasteiger partial charge in [-0.3, -0.25) is 4.79 Å². The third-order valence-electron chi connectivity index (χ3n) is 3.31. The number of nitrogens with zero attached hydrogens (tertiary/aromatic N) is 1. The average Bonchev–Trinajstić information content (AvgIpc) is 2.53. The lowest BCUT2D eigenvalue weighted by Gasteiger charge is -2.07. The molecule has 0 bridgehead atoms. The molecule has 3 aromatic rings. The molecule has 0 fully saturated rings. The van der Waals surface area contributed by atoms with Crippen molar-refractivity contribution in [1.29, 1.82) is 0 Å². The van der Waals surface area contributed by atoms with Gasteiger partial charge < -0.3 is 5.32 Å². The predicted octanol–water partition coefficient (Wildman–Crippen LogP) is 4.47. The molecule has 110 valence electrons. The van der Waals surface area contributed by atoms with E-state index in [-0.39, 0.29) is 5.91 Å². The van der Waals surface area contributed by atoms with Crippen LogP contribution >= 0.6 is 23.2 Å². The van der Waals surface area contributed by atoms with Gasteiger partial charge in [-0.2, -0.15) is 0 Å². The molecule has 2 aromatic carbocycles. The predicted molar refractivity (Wildman–Crippen MR) is 89.4 cm³/mol. The number of hydrogen-bond acceptors (Lipinski definition) is 2. The van der Waals surface area contributed by atoms with E-state index in [9.17, 15) is 4.79 Å². The van der Waals surface area contributed by atoms with Gasteiger partial charge in [0.2, 0.25) is 0 Å². The molecule has 0 aliphatic heterocycles. The van der Waals surface area contributed by atoms with E-state index in [4.69, 9.17) is 23.2 Å². The van der Waals surface area contributed by atoms with E-state index in [0.29, 0.717) is 22.3 Å². The second kappa shape index (κ2) is 6.34. The van der Waals surface area contributed by atoms with E-state index in [1.165, 1.54) is 0 Å². The van der Waals surface area contributed by atoms with Crippen molar-refractivity contribution in [2.45, 2.75) is 6.54 Å². The van der Waals surface area contributed by atoms with Gasteiger partial charge in [-0.1, -0.05) is 41.4 Å². The van der Waals surface area contributed by atoms with E-state index < -0.39 is 0 Å². The molecule has 1 amide bonds. The van der Waals surface area contributed by atoms with E-state index in [2.05, 4.69) is 10.3 Å². The number of carbonyl (C=O) groups is 1. The zero-order valence-corrected chi connectivity index (χ0v) is 13.0. The first kappa shape index (κ1) is 14.8. The van der Waals surface area contributed by atoms with Gasteiger partial charge >= 0.3 is 0 Å². The summed E-state index contributed by atoms with van der Waals surface area (Å²) in [6, 6.07) is 16.3. The number of nitrogens with one attached hydrogen (secondary N) is 1. The summed E-state index contributed by atoms with van der Waals surface area (Å²) < 4.78 is 0. The number of hydrogen-bond donors (Lipinski definition) is 1. The first-order valence-corrected chi connectivity index (χ1v) is 7.47. The summed E-state index contributed by atoms with van der Waals surface area (Å²) >= 11 is 11.9. The van der Waals surface area contributed by atoms with Crippen LogP contribution < -0.4 is 5.32 Å². The van der Waals surface area contributed by atoms with Crippen LogP contribution in [0.2, 0.25) is 10.2 Å². The fourth-order valence-corrected chi connectivity index (χ4v) is 2.52. The number of benzene rings is 2. The highest BCUT2D eigenvalue weighted by atomic mass is 35.5. The molecule has 1 N–H and O–H groups in total. The smallest absolute Gasteiger partial charge is 0.251 e. The minimum atomic E-state index is -0.156. The summed E-state index contributed by atoms with van der Waals surface area (Å²) in [5, 5.41) is 4.81. The topological polar surface area (TPSA) is 42.0 Å². The lowest BCUT2D eigenvalue weighted by Crippen LogP contribution is -2.22. The summed E-state index contributed by atoms with van der Waals surface area (Å²) in [5.41, 5.74) is 2.21. The molecular weight excluding hydrogens is 319 g/mol. The van der Waals surface area contributed by atoms with Crippen LogP contribution in [0.3, 0.4) is 0 Å². The third kappa shape index (κ3) is 3.21. The first-order valence-electron chi connectivity index (χ1n) is 6.71. The van der Waals surface area contributed by atoms with Crippen molar-refractivity contribution < 1.29 is 4.79 Å². The zero-order valence-electron chi connectivity index (χ0n) is 11.5. The summed E-state index contributed by atoms with van der Waals surface area (Å²) in [6.07, 6.45) is 0. The van der Waals surface area contributed by atoms with Crippen LogP contribution in [0.25, 0.3) is 10.9 Å². The van der Waals surface area contributed by atoms with Crippen molar-refractivity contribution in [1.82, 2.24) is 10.3 Å². The van der Waals surface area contributed by atoms with Crippen molar-refractivity contribution >= 4 is 40.0 Å². The molecule has 3 rings (SSSR count). The SMILES string of the molecule is O=C(NCc1ccccc1Cl)c1ccc2nc(Cl)ccc2c1. The van der Waals surface area contributed by atoms with Gasteiger partial charge in [-0.15, -0.1) is 0 Å². The Morgan fingerprint density at radius 3 is 2.68 bits per heavy atom. The van der Waals surface area contributed by atoms with Crippen molar-refractivity contribution in [2.75, 3.05) is 0 Å². The number of aromatic nitrogens is 1. The first-order chi connectivity index (χ1) is 10.6. The van der Waals surface area contributed by atoms with Gasteiger partial charge in [-0.05, 0) is 42.0 Å². The number of halogens is 2. The molecule has 0 aliphatic rings. The highest BCUT2D eigenvalue weighted by molar-refractivity contribution is 6.31. The Morgan fingerprint density at radius 1 is 1.05 bits per heavy atom. The number of amides is 1. The molecule has 0 unspecified atom stereocenters. The maximum Gasteiger partial charge on any atom is 0.251 e. The Hall–Kier alpha value is -2.10. The van der Waals surface area contributed by atoms with Gasteiger partial charge in [0.15, 0.2) is 0 Å². The molecule has 1 heterocycles. The molecular formula is C17H12Cl2N2O. The van der Waals surface area contributed by atoms with E-state index in [0.717, 1.165) is 16.5 Å². The van der Waals surface area contributed by atoms with Gasteiger partial charge in [0, 0.05) is 22.5 Å². The van der Waals surface area contributed by atoms with Crippen molar-refractivity contribution in [3.63, 3.8) is 0 Å². The van der Waals surface area contributed by atoms with Crippen molar-refractivity contribution in [3.8, 4) is 0 Å². The highest BCUT2D eigenvalue weighted by Gasteiger charge is 2.08. The number of fused-ring (bicyclic) bond motifs is 1. The third-order valence-corrected chi connectivity index (χ3v) is 3.89. The number of pyridine rings is 1. The van der Waals surface area contributed by atoms with Gasteiger partial charge in [0.1, 0.15) is 5.15 Å². The van der Waals surface area contributed by atoms with Crippen LogP contribution in [-0.2, 0) is 6.54 Å². The minimum Gasteiger partial charge on any atom is -0.348 e. The van der Waals surface area contributed by atoms with Crippen LogP contribution in [0.5, 0.6) is 0 Å². The van der Waals surface area contributed by atoms with Gasteiger partial charge in [0.25, 0.3) is 5.91 Å². The zero-order chi connectivity index (χ0) is 15.5. The molecule has 5 heteroatoms. The van der Waals surface area contributed by atoms with Crippen LogP contribution in [0, 0.1) is 0 Å². The van der Waals surface area contributed by atoms with E-state index in [1.54, 1.807) is 30.3 Å². The fraction of sp³-hybridized carbons (Fsp3) is 0.0588. The van der Waals surface area contributed by atoms with Crippen molar-refractivity contribution in [2.24, 2.45) is 0 Å². The quantitative estimate of drug-likeness (QED) is 0.720. The van der Waals surface area contributed by atoms with Crippen LogP contribution in [-0.4, -0.2) is 10.9 Å². The normalized spacial score (nSPS) is 10.6. The largest absolute Gasteiger partial charge is 0.348 e. The van der Waals surface area contributed by atoms with Crippen LogP contribution in [0.1, 0.15) is 15.9 Å². The second-order valence-electron chi connectivity index (χ2n) is 4.82.